The highest BCUT2D eigenvalue weighted by molar-refractivity contribution is 6.32. The molecule has 0 radical (unpaired) electrons. The van der Waals surface area contributed by atoms with Gasteiger partial charge in [0.2, 0.25) is 0 Å². The van der Waals surface area contributed by atoms with Crippen LogP contribution in [0.2, 0.25) is 5.02 Å². The molecule has 29 heavy (non-hydrogen) atoms. The van der Waals surface area contributed by atoms with E-state index < -0.39 is 0 Å². The molecule has 0 unspecified atom stereocenters. The van der Waals surface area contributed by atoms with E-state index in [0.717, 1.165) is 40.0 Å². The number of furan rings is 1. The van der Waals surface area contributed by atoms with E-state index in [0.29, 0.717) is 10.8 Å². The van der Waals surface area contributed by atoms with Crippen molar-refractivity contribution in [3.63, 3.8) is 0 Å². The van der Waals surface area contributed by atoms with Crippen LogP contribution in [0, 0.1) is 0 Å². The molecular weight excluding hydrogens is 382 g/mol. The fourth-order valence-electron chi connectivity index (χ4n) is 2.98. The highest BCUT2D eigenvalue weighted by Crippen LogP contribution is 2.29. The lowest BCUT2D eigenvalue weighted by Crippen LogP contribution is -2.09. The van der Waals surface area contributed by atoms with Crippen LogP contribution >= 0.6 is 11.6 Å². The molecule has 4 aromatic rings. The maximum atomic E-state index is 6.34. The van der Waals surface area contributed by atoms with Crippen molar-refractivity contribution < 1.29 is 9.15 Å². The van der Waals surface area contributed by atoms with Gasteiger partial charge in [-0.1, -0.05) is 36.7 Å². The number of hydrogen-bond donors (Lipinski definition) is 0. The lowest BCUT2D eigenvalue weighted by Gasteiger charge is -2.13. The average Bonchev–Trinajstić information content (AvgIpc) is 3.18. The van der Waals surface area contributed by atoms with Crippen LogP contribution in [0.4, 0.5) is 5.69 Å². The maximum Gasteiger partial charge on any atom is 0.138 e. The van der Waals surface area contributed by atoms with E-state index in [1.165, 1.54) is 0 Å². The van der Waals surface area contributed by atoms with Gasteiger partial charge in [-0.3, -0.25) is 4.99 Å². The van der Waals surface area contributed by atoms with Crippen molar-refractivity contribution in [2.24, 2.45) is 4.99 Å². The van der Waals surface area contributed by atoms with Crippen molar-refractivity contribution in [2.45, 2.75) is 26.4 Å². The van der Waals surface area contributed by atoms with Crippen LogP contribution in [0.25, 0.3) is 22.3 Å². The Bertz CT molecular complexity index is 1110. The summed E-state index contributed by atoms with van der Waals surface area (Å²) in [7, 11) is 0. The summed E-state index contributed by atoms with van der Waals surface area (Å²) in [6.07, 6.45) is 2.87. The SMILES string of the molecule is CC[C@H](C)Oc1ccc(C=Nc2ccc(-c3cc4ccccc4o3)cc2)cc1Cl. The number of nitrogens with zero attached hydrogens (tertiary/aromatic N) is 1. The molecule has 1 heterocycles. The summed E-state index contributed by atoms with van der Waals surface area (Å²) in [4.78, 5) is 4.55. The second kappa shape index (κ2) is 8.54. The largest absolute Gasteiger partial charge is 0.489 e. The van der Waals surface area contributed by atoms with Crippen LogP contribution in [0.15, 0.2) is 82.2 Å². The number of para-hydroxylation sites is 1. The molecule has 0 aliphatic heterocycles. The Morgan fingerprint density at radius 1 is 1.03 bits per heavy atom. The standard InChI is InChI=1S/C25H22ClNO2/c1-3-17(2)28-24-13-8-18(14-22(24)26)16-27-21-11-9-19(10-12-21)25-15-20-6-4-5-7-23(20)29-25/h4-17H,3H2,1-2H3/t17-/m0/s1. The zero-order valence-corrected chi connectivity index (χ0v) is 17.2. The van der Waals surface area contributed by atoms with Gasteiger partial charge in [0.25, 0.3) is 0 Å². The summed E-state index contributed by atoms with van der Waals surface area (Å²) < 4.78 is 11.7. The Hall–Kier alpha value is -3.04. The average molecular weight is 404 g/mol. The summed E-state index contributed by atoms with van der Waals surface area (Å²) in [6, 6.07) is 23.7. The molecule has 3 aromatic carbocycles. The molecule has 146 valence electrons. The summed E-state index contributed by atoms with van der Waals surface area (Å²) in [5.74, 6) is 1.55. The van der Waals surface area contributed by atoms with Gasteiger partial charge in [0, 0.05) is 17.2 Å². The predicted octanol–water partition coefficient (Wildman–Crippen LogP) is 7.68. The number of halogens is 1. The van der Waals surface area contributed by atoms with E-state index in [1.807, 2.05) is 73.7 Å². The Morgan fingerprint density at radius 2 is 1.83 bits per heavy atom. The molecule has 4 heteroatoms. The molecule has 0 saturated carbocycles. The minimum atomic E-state index is 0.136. The highest BCUT2D eigenvalue weighted by atomic mass is 35.5. The normalized spacial score (nSPS) is 12.5. The first-order chi connectivity index (χ1) is 14.1. The van der Waals surface area contributed by atoms with E-state index >= 15 is 0 Å². The van der Waals surface area contributed by atoms with Gasteiger partial charge in [-0.25, -0.2) is 0 Å². The maximum absolute atomic E-state index is 6.34. The zero-order chi connectivity index (χ0) is 20.2. The molecule has 0 saturated heterocycles. The van der Waals surface area contributed by atoms with E-state index in [-0.39, 0.29) is 6.10 Å². The molecule has 0 amide bonds. The molecule has 4 rings (SSSR count). The van der Waals surface area contributed by atoms with Gasteiger partial charge in [-0.05, 0) is 73.5 Å². The van der Waals surface area contributed by atoms with Gasteiger partial charge in [0.15, 0.2) is 0 Å². The fourth-order valence-corrected chi connectivity index (χ4v) is 3.21. The van der Waals surface area contributed by atoms with Crippen LogP contribution in [-0.4, -0.2) is 12.3 Å². The third kappa shape index (κ3) is 4.52. The quantitative estimate of drug-likeness (QED) is 0.309. The van der Waals surface area contributed by atoms with Crippen LogP contribution in [0.1, 0.15) is 25.8 Å². The fraction of sp³-hybridized carbons (Fsp3) is 0.160. The molecule has 0 spiro atoms. The summed E-state index contributed by atoms with van der Waals surface area (Å²) in [6.45, 7) is 4.11. The van der Waals surface area contributed by atoms with Crippen LogP contribution in [0.3, 0.4) is 0 Å². The summed E-state index contributed by atoms with van der Waals surface area (Å²) in [5, 5.41) is 1.69. The Balaban J connectivity index is 1.48. The van der Waals surface area contributed by atoms with Crippen LogP contribution in [0.5, 0.6) is 5.75 Å². The lowest BCUT2D eigenvalue weighted by atomic mass is 10.1. The number of hydrogen-bond acceptors (Lipinski definition) is 3. The van der Waals surface area contributed by atoms with Crippen LogP contribution in [-0.2, 0) is 0 Å². The molecule has 3 nitrogen and oxygen atoms in total. The molecule has 0 aliphatic carbocycles. The van der Waals surface area contributed by atoms with Crippen molar-refractivity contribution in [3.8, 4) is 17.1 Å². The topological polar surface area (TPSA) is 34.7 Å². The van der Waals surface area contributed by atoms with Gasteiger partial charge in [0.1, 0.15) is 17.1 Å². The number of rotatable bonds is 6. The Kier molecular flexibility index (Phi) is 5.68. The second-order valence-electron chi connectivity index (χ2n) is 6.98. The third-order valence-electron chi connectivity index (χ3n) is 4.80. The number of benzene rings is 3. The van der Waals surface area contributed by atoms with Gasteiger partial charge in [-0.2, -0.15) is 0 Å². The Labute approximate surface area is 175 Å². The Morgan fingerprint density at radius 3 is 2.55 bits per heavy atom. The van der Waals surface area contributed by atoms with Gasteiger partial charge < -0.3 is 9.15 Å². The first-order valence-corrected chi connectivity index (χ1v) is 10.1. The first kappa shape index (κ1) is 19.3. The number of fused-ring (bicyclic) bond motifs is 1. The third-order valence-corrected chi connectivity index (χ3v) is 5.09. The minimum absolute atomic E-state index is 0.136. The molecule has 0 aliphatic rings. The van der Waals surface area contributed by atoms with Gasteiger partial charge in [-0.15, -0.1) is 0 Å². The van der Waals surface area contributed by atoms with E-state index in [1.54, 1.807) is 6.21 Å². The number of aliphatic imine (C=N–C) groups is 1. The predicted molar refractivity (Wildman–Crippen MR) is 121 cm³/mol. The smallest absolute Gasteiger partial charge is 0.138 e. The number of ether oxygens (including phenoxy) is 1. The van der Waals surface area contributed by atoms with Crippen molar-refractivity contribution >= 4 is 34.5 Å². The lowest BCUT2D eigenvalue weighted by molar-refractivity contribution is 0.217. The summed E-state index contributed by atoms with van der Waals surface area (Å²) >= 11 is 6.34. The van der Waals surface area contributed by atoms with Crippen molar-refractivity contribution in [1.82, 2.24) is 0 Å². The zero-order valence-electron chi connectivity index (χ0n) is 16.4. The second-order valence-corrected chi connectivity index (χ2v) is 7.39. The molecule has 0 fully saturated rings. The van der Waals surface area contributed by atoms with Crippen molar-refractivity contribution in [3.05, 3.63) is 83.4 Å². The van der Waals surface area contributed by atoms with Gasteiger partial charge in [0.05, 0.1) is 16.8 Å². The highest BCUT2D eigenvalue weighted by Gasteiger charge is 2.07. The van der Waals surface area contributed by atoms with E-state index in [9.17, 15) is 0 Å². The monoisotopic (exact) mass is 403 g/mol. The van der Waals surface area contributed by atoms with E-state index in [4.69, 9.17) is 20.8 Å². The summed E-state index contributed by atoms with van der Waals surface area (Å²) in [5.41, 5.74) is 3.70. The molecule has 0 bridgehead atoms. The van der Waals surface area contributed by atoms with E-state index in [2.05, 4.69) is 18.0 Å². The van der Waals surface area contributed by atoms with Crippen molar-refractivity contribution in [1.29, 1.82) is 0 Å². The van der Waals surface area contributed by atoms with Gasteiger partial charge >= 0.3 is 0 Å². The van der Waals surface area contributed by atoms with Crippen LogP contribution < -0.4 is 4.74 Å². The minimum Gasteiger partial charge on any atom is -0.489 e. The van der Waals surface area contributed by atoms with Crippen molar-refractivity contribution in [2.75, 3.05) is 0 Å². The first-order valence-electron chi connectivity index (χ1n) is 9.71. The molecule has 1 atom stereocenters. The molecular formula is C25H22ClNO2. The molecule has 0 N–H and O–H groups in total. The molecule has 1 aromatic heterocycles.